The minimum absolute atomic E-state index is 0.0192. The van der Waals surface area contributed by atoms with Gasteiger partial charge in [0.1, 0.15) is 0 Å². The average molecular weight is 1110 g/mol. The van der Waals surface area contributed by atoms with Gasteiger partial charge in [-0.1, -0.05) is 359 Å². The molecule has 0 heterocycles. The van der Waals surface area contributed by atoms with Gasteiger partial charge < -0.3 is 20.3 Å². The summed E-state index contributed by atoms with van der Waals surface area (Å²) in [6.07, 6.45) is 86.9. The van der Waals surface area contributed by atoms with Crippen molar-refractivity contribution < 1.29 is 24.5 Å². The number of aliphatic hydroxyl groups excluding tert-OH is 2. The number of hydrogen-bond acceptors (Lipinski definition) is 5. The molecule has 1 amide bonds. The Morgan fingerprint density at radius 3 is 0.899 bits per heavy atom. The van der Waals surface area contributed by atoms with E-state index in [1.165, 1.54) is 340 Å². The highest BCUT2D eigenvalue weighted by atomic mass is 16.5. The Labute approximate surface area is 494 Å². The monoisotopic (exact) mass is 1110 g/mol. The van der Waals surface area contributed by atoms with Crippen molar-refractivity contribution >= 4 is 11.9 Å². The van der Waals surface area contributed by atoms with Crippen LogP contribution in [0.1, 0.15) is 406 Å². The highest BCUT2D eigenvalue weighted by Crippen LogP contribution is 2.19. The third kappa shape index (κ3) is 65.4. The summed E-state index contributed by atoms with van der Waals surface area (Å²) >= 11 is 0. The Morgan fingerprint density at radius 2 is 0.595 bits per heavy atom. The molecule has 79 heavy (non-hydrogen) atoms. The molecule has 0 aliphatic rings. The quantitative estimate of drug-likeness (QED) is 0.0320. The number of rotatable bonds is 68. The summed E-state index contributed by atoms with van der Waals surface area (Å²) in [5.74, 6) is -0.0450. The molecule has 468 valence electrons. The molecule has 0 radical (unpaired) electrons. The lowest BCUT2D eigenvalue weighted by Gasteiger charge is -2.20. The number of amides is 1. The van der Waals surface area contributed by atoms with Crippen LogP contribution >= 0.6 is 0 Å². The van der Waals surface area contributed by atoms with Gasteiger partial charge in [-0.15, -0.1) is 0 Å². The predicted octanol–water partition coefficient (Wildman–Crippen LogP) is 23.3. The second-order valence-electron chi connectivity index (χ2n) is 24.9. The molecule has 0 saturated carbocycles. The fourth-order valence-electron chi connectivity index (χ4n) is 11.5. The van der Waals surface area contributed by atoms with E-state index in [1.807, 2.05) is 6.08 Å². The van der Waals surface area contributed by atoms with Crippen LogP contribution in [-0.4, -0.2) is 47.4 Å². The van der Waals surface area contributed by atoms with E-state index < -0.39 is 12.1 Å². The molecule has 2 unspecified atom stereocenters. The molecule has 0 bridgehead atoms. The van der Waals surface area contributed by atoms with Gasteiger partial charge >= 0.3 is 5.97 Å². The summed E-state index contributed by atoms with van der Waals surface area (Å²) in [5, 5.41) is 23.2. The van der Waals surface area contributed by atoms with Crippen molar-refractivity contribution in [2.24, 2.45) is 0 Å². The van der Waals surface area contributed by atoms with E-state index >= 15 is 0 Å². The highest BCUT2D eigenvalue weighted by Gasteiger charge is 2.18. The largest absolute Gasteiger partial charge is 0.466 e. The second-order valence-corrected chi connectivity index (χ2v) is 24.9. The van der Waals surface area contributed by atoms with Gasteiger partial charge in [0.25, 0.3) is 0 Å². The molecule has 0 spiro atoms. The van der Waals surface area contributed by atoms with Crippen LogP contribution < -0.4 is 5.32 Å². The van der Waals surface area contributed by atoms with Gasteiger partial charge in [0.2, 0.25) is 5.91 Å². The Kier molecular flexibility index (Phi) is 67.4. The van der Waals surface area contributed by atoms with E-state index in [-0.39, 0.29) is 18.5 Å². The SMILES string of the molecule is CCCCCCCCCCCCCCCCCCC/C=C/C(O)C(CO)NC(=O)CCCCCCCCCCCCCC/C=C\CCCCCCCCCCCCCCOC(=O)CCCCCCCCCCCCCCCCC. The smallest absolute Gasteiger partial charge is 0.305 e. The van der Waals surface area contributed by atoms with Gasteiger partial charge in [-0.3, -0.25) is 9.59 Å². The summed E-state index contributed by atoms with van der Waals surface area (Å²) in [7, 11) is 0. The minimum atomic E-state index is -0.845. The zero-order chi connectivity index (χ0) is 57.1. The molecular formula is C73H141NO5. The highest BCUT2D eigenvalue weighted by molar-refractivity contribution is 5.76. The third-order valence-corrected chi connectivity index (χ3v) is 17.0. The van der Waals surface area contributed by atoms with Crippen molar-refractivity contribution in [2.75, 3.05) is 13.2 Å². The molecule has 6 heteroatoms. The first kappa shape index (κ1) is 77.3. The molecule has 0 saturated heterocycles. The lowest BCUT2D eigenvalue weighted by atomic mass is 10.0. The third-order valence-electron chi connectivity index (χ3n) is 17.0. The molecule has 0 aliphatic carbocycles. The van der Waals surface area contributed by atoms with Crippen LogP contribution in [0.3, 0.4) is 0 Å². The molecule has 6 nitrogen and oxygen atoms in total. The molecule has 0 fully saturated rings. The number of nitrogens with one attached hydrogen (secondary N) is 1. The Morgan fingerprint density at radius 1 is 0.342 bits per heavy atom. The van der Waals surface area contributed by atoms with Crippen molar-refractivity contribution in [3.8, 4) is 0 Å². The second kappa shape index (κ2) is 68.8. The first-order chi connectivity index (χ1) is 39.0. The van der Waals surface area contributed by atoms with Crippen LogP contribution in [0.15, 0.2) is 24.3 Å². The Bertz CT molecular complexity index is 1230. The standard InChI is InChI=1S/C73H141NO5/c1-3-5-7-9-11-13-15-17-19-20-31-34-38-41-45-49-53-57-61-65-71(76)70(69-75)74-72(77)66-62-58-54-50-46-42-39-35-32-29-27-25-23-21-22-24-26-28-30-33-36-40-44-48-52-56-60-64-68-79-73(78)67-63-59-55-51-47-43-37-18-16-14-12-10-8-6-4-2/h21-22,61,65,70-71,75-76H,3-20,23-60,62-64,66-69H2,1-2H3,(H,74,77)/b22-21-,65-61+. The summed E-state index contributed by atoms with van der Waals surface area (Å²) in [6, 6.07) is -0.628. The van der Waals surface area contributed by atoms with Gasteiger partial charge in [0.15, 0.2) is 0 Å². The minimum Gasteiger partial charge on any atom is -0.466 e. The van der Waals surface area contributed by atoms with Crippen LogP contribution in [0, 0.1) is 0 Å². The Balaban J connectivity index is 3.39. The van der Waals surface area contributed by atoms with E-state index in [4.69, 9.17) is 4.74 Å². The molecule has 2 atom stereocenters. The zero-order valence-electron chi connectivity index (χ0n) is 53.6. The van der Waals surface area contributed by atoms with Crippen molar-refractivity contribution in [1.82, 2.24) is 5.32 Å². The number of esters is 1. The normalized spacial score (nSPS) is 12.6. The number of allylic oxidation sites excluding steroid dienone is 3. The lowest BCUT2D eigenvalue weighted by Crippen LogP contribution is -2.45. The maximum absolute atomic E-state index is 12.5. The summed E-state index contributed by atoms with van der Waals surface area (Å²) in [6.45, 7) is 4.95. The van der Waals surface area contributed by atoms with Gasteiger partial charge in [-0.2, -0.15) is 0 Å². The summed E-state index contributed by atoms with van der Waals surface area (Å²) in [4.78, 5) is 24.6. The molecule has 0 aliphatic heterocycles. The van der Waals surface area contributed by atoms with E-state index in [0.717, 1.165) is 38.5 Å². The summed E-state index contributed by atoms with van der Waals surface area (Å²) in [5.41, 5.74) is 0. The van der Waals surface area contributed by atoms with Crippen LogP contribution in [0.5, 0.6) is 0 Å². The van der Waals surface area contributed by atoms with Crippen molar-refractivity contribution in [3.05, 3.63) is 24.3 Å². The number of ether oxygens (including phenoxy) is 1. The van der Waals surface area contributed by atoms with Gasteiger partial charge in [-0.25, -0.2) is 0 Å². The maximum Gasteiger partial charge on any atom is 0.305 e. The van der Waals surface area contributed by atoms with Gasteiger partial charge in [0, 0.05) is 12.8 Å². The van der Waals surface area contributed by atoms with Crippen molar-refractivity contribution in [2.45, 2.75) is 418 Å². The van der Waals surface area contributed by atoms with Crippen LogP contribution in [0.2, 0.25) is 0 Å². The van der Waals surface area contributed by atoms with E-state index in [9.17, 15) is 19.8 Å². The van der Waals surface area contributed by atoms with Gasteiger partial charge in [0.05, 0.1) is 25.4 Å². The topological polar surface area (TPSA) is 95.9 Å². The number of carbonyl (C=O) groups excluding carboxylic acids is 2. The average Bonchev–Trinajstić information content (AvgIpc) is 3.45. The van der Waals surface area contributed by atoms with Crippen LogP contribution in [0.25, 0.3) is 0 Å². The molecule has 0 rings (SSSR count). The van der Waals surface area contributed by atoms with E-state index in [2.05, 4.69) is 31.3 Å². The fraction of sp³-hybridized carbons (Fsp3) is 0.918. The van der Waals surface area contributed by atoms with Gasteiger partial charge in [-0.05, 0) is 57.8 Å². The Hall–Kier alpha value is -1.66. The number of aliphatic hydroxyl groups is 2. The molecular weight excluding hydrogens is 971 g/mol. The molecule has 3 N–H and O–H groups in total. The van der Waals surface area contributed by atoms with Crippen molar-refractivity contribution in [1.29, 1.82) is 0 Å². The van der Waals surface area contributed by atoms with Crippen molar-refractivity contribution in [3.63, 3.8) is 0 Å². The first-order valence-electron chi connectivity index (χ1n) is 36.1. The zero-order valence-corrected chi connectivity index (χ0v) is 53.6. The number of carbonyl (C=O) groups is 2. The number of hydrogen-bond donors (Lipinski definition) is 3. The molecule has 0 aromatic rings. The van der Waals surface area contributed by atoms with Crippen LogP contribution in [0.4, 0.5) is 0 Å². The maximum atomic E-state index is 12.5. The predicted molar refractivity (Wildman–Crippen MR) is 347 cm³/mol. The molecule has 0 aromatic heterocycles. The molecule has 0 aromatic carbocycles. The van der Waals surface area contributed by atoms with E-state index in [1.54, 1.807) is 6.08 Å². The lowest BCUT2D eigenvalue weighted by molar-refractivity contribution is -0.143. The number of unbranched alkanes of at least 4 members (excludes halogenated alkanes) is 55. The fourth-order valence-corrected chi connectivity index (χ4v) is 11.5. The summed E-state index contributed by atoms with van der Waals surface area (Å²) < 4.78 is 5.50. The van der Waals surface area contributed by atoms with Crippen LogP contribution in [-0.2, 0) is 14.3 Å². The first-order valence-corrected chi connectivity index (χ1v) is 36.1. The van der Waals surface area contributed by atoms with E-state index in [0.29, 0.717) is 19.4 Å².